The second-order valence-electron chi connectivity index (χ2n) is 3.81. The maximum Gasteiger partial charge on any atom is 0.132 e. The van der Waals surface area contributed by atoms with E-state index >= 15 is 0 Å². The van der Waals surface area contributed by atoms with Crippen LogP contribution in [0.25, 0.3) is 0 Å². The summed E-state index contributed by atoms with van der Waals surface area (Å²) >= 11 is 7.72. The van der Waals surface area contributed by atoms with Gasteiger partial charge in [-0.3, -0.25) is 5.41 Å². The van der Waals surface area contributed by atoms with E-state index in [0.717, 1.165) is 15.5 Å². The zero-order valence-corrected chi connectivity index (χ0v) is 11.9. The first-order chi connectivity index (χ1) is 9.11. The summed E-state index contributed by atoms with van der Waals surface area (Å²) in [6, 6.07) is 13.1. The third kappa shape index (κ3) is 3.22. The molecule has 0 saturated carbocycles. The van der Waals surface area contributed by atoms with E-state index in [1.807, 2.05) is 30.3 Å². The van der Waals surface area contributed by atoms with Gasteiger partial charge in [-0.2, -0.15) is 0 Å². The highest BCUT2D eigenvalue weighted by atomic mass is 35.5. The van der Waals surface area contributed by atoms with Gasteiger partial charge < -0.3 is 10.5 Å². The first kappa shape index (κ1) is 13.8. The summed E-state index contributed by atoms with van der Waals surface area (Å²) < 4.78 is 5.30. The zero-order chi connectivity index (χ0) is 13.8. The van der Waals surface area contributed by atoms with Gasteiger partial charge in [0.2, 0.25) is 0 Å². The Labute approximate surface area is 121 Å². The number of hydrogen-bond acceptors (Lipinski definition) is 3. The van der Waals surface area contributed by atoms with Gasteiger partial charge in [0, 0.05) is 10.5 Å². The van der Waals surface area contributed by atoms with Crippen molar-refractivity contribution in [2.24, 2.45) is 5.73 Å². The Hall–Kier alpha value is -1.65. The van der Waals surface area contributed by atoms with Gasteiger partial charge in [-0.1, -0.05) is 41.6 Å². The topological polar surface area (TPSA) is 59.1 Å². The van der Waals surface area contributed by atoms with Gasteiger partial charge in [0.1, 0.15) is 11.6 Å². The molecule has 98 valence electrons. The van der Waals surface area contributed by atoms with Gasteiger partial charge in [-0.15, -0.1) is 0 Å². The lowest BCUT2D eigenvalue weighted by atomic mass is 10.2. The maximum atomic E-state index is 7.38. The number of rotatable bonds is 4. The van der Waals surface area contributed by atoms with E-state index in [0.29, 0.717) is 10.6 Å². The Balaban J connectivity index is 2.31. The van der Waals surface area contributed by atoms with Crippen LogP contribution < -0.4 is 10.5 Å². The van der Waals surface area contributed by atoms with Crippen molar-refractivity contribution in [1.82, 2.24) is 0 Å². The standard InChI is InChI=1S/C14H13ClN2OS/c1-18-11-4-2-3-5-13(11)19-12-7-6-9(14(16)17)8-10(12)15/h2-8H,1H3,(H3,16,17). The van der Waals surface area contributed by atoms with E-state index < -0.39 is 0 Å². The SMILES string of the molecule is COc1ccccc1Sc1ccc(C(=N)N)cc1Cl. The number of ether oxygens (including phenoxy) is 1. The van der Waals surface area contributed by atoms with Gasteiger partial charge in [-0.25, -0.2) is 0 Å². The van der Waals surface area contributed by atoms with E-state index in [4.69, 9.17) is 27.5 Å². The van der Waals surface area contributed by atoms with Crippen LogP contribution in [0.5, 0.6) is 5.75 Å². The minimum Gasteiger partial charge on any atom is -0.496 e. The molecule has 0 heterocycles. The van der Waals surface area contributed by atoms with Crippen molar-refractivity contribution in [1.29, 1.82) is 5.41 Å². The lowest BCUT2D eigenvalue weighted by Crippen LogP contribution is -2.10. The summed E-state index contributed by atoms with van der Waals surface area (Å²) in [7, 11) is 1.64. The quantitative estimate of drug-likeness (QED) is 0.666. The van der Waals surface area contributed by atoms with Crippen molar-refractivity contribution in [3.8, 4) is 5.75 Å². The van der Waals surface area contributed by atoms with Crippen molar-refractivity contribution < 1.29 is 4.74 Å². The van der Waals surface area contributed by atoms with Crippen LogP contribution in [0.15, 0.2) is 52.3 Å². The molecule has 2 rings (SSSR count). The molecule has 0 aliphatic heterocycles. The van der Waals surface area contributed by atoms with Crippen LogP contribution in [0.3, 0.4) is 0 Å². The molecule has 0 unspecified atom stereocenters. The van der Waals surface area contributed by atoms with Gasteiger partial charge in [0.05, 0.1) is 17.0 Å². The van der Waals surface area contributed by atoms with E-state index in [9.17, 15) is 0 Å². The van der Waals surface area contributed by atoms with Crippen LogP contribution >= 0.6 is 23.4 Å². The number of nitrogens with two attached hydrogens (primary N) is 1. The Morgan fingerprint density at radius 2 is 1.95 bits per heavy atom. The number of nitrogens with one attached hydrogen (secondary N) is 1. The van der Waals surface area contributed by atoms with Gasteiger partial charge in [-0.05, 0) is 24.3 Å². The Bertz CT molecular complexity index is 616. The summed E-state index contributed by atoms with van der Waals surface area (Å²) in [6.45, 7) is 0. The van der Waals surface area contributed by atoms with Gasteiger partial charge >= 0.3 is 0 Å². The third-order valence-corrected chi connectivity index (χ3v) is 4.09. The number of methoxy groups -OCH3 is 1. The van der Waals surface area contributed by atoms with Crippen LogP contribution in [0.1, 0.15) is 5.56 Å². The summed E-state index contributed by atoms with van der Waals surface area (Å²) in [5.41, 5.74) is 6.05. The van der Waals surface area contributed by atoms with Gasteiger partial charge in [0.15, 0.2) is 0 Å². The molecule has 3 nitrogen and oxygen atoms in total. The smallest absolute Gasteiger partial charge is 0.132 e. The molecule has 0 aromatic heterocycles. The molecule has 0 atom stereocenters. The lowest BCUT2D eigenvalue weighted by Gasteiger charge is -2.09. The number of benzene rings is 2. The first-order valence-electron chi connectivity index (χ1n) is 5.56. The van der Waals surface area contributed by atoms with Crippen molar-refractivity contribution in [2.45, 2.75) is 9.79 Å². The predicted molar refractivity (Wildman–Crippen MR) is 79.6 cm³/mol. The van der Waals surface area contributed by atoms with E-state index in [2.05, 4.69) is 0 Å². The molecule has 0 spiro atoms. The molecular weight excluding hydrogens is 280 g/mol. The van der Waals surface area contributed by atoms with E-state index in [1.54, 1.807) is 19.2 Å². The number of hydrogen-bond donors (Lipinski definition) is 2. The third-order valence-electron chi connectivity index (χ3n) is 2.53. The van der Waals surface area contributed by atoms with Crippen molar-refractivity contribution in [3.63, 3.8) is 0 Å². The number of nitrogen functional groups attached to an aromatic ring is 1. The molecule has 0 radical (unpaired) electrons. The highest BCUT2D eigenvalue weighted by Gasteiger charge is 2.08. The van der Waals surface area contributed by atoms with Crippen molar-refractivity contribution in [3.05, 3.63) is 53.1 Å². The molecule has 0 saturated heterocycles. The monoisotopic (exact) mass is 292 g/mol. The predicted octanol–water partition coefficient (Wildman–Crippen LogP) is 3.78. The minimum absolute atomic E-state index is 0.00995. The molecule has 0 amide bonds. The van der Waals surface area contributed by atoms with Gasteiger partial charge in [0.25, 0.3) is 0 Å². The molecule has 0 bridgehead atoms. The van der Waals surface area contributed by atoms with E-state index in [1.165, 1.54) is 11.8 Å². The van der Waals surface area contributed by atoms with Crippen molar-refractivity contribution in [2.75, 3.05) is 7.11 Å². The first-order valence-corrected chi connectivity index (χ1v) is 6.76. The fraction of sp³-hybridized carbons (Fsp3) is 0.0714. The molecular formula is C14H13ClN2OS. The average molecular weight is 293 g/mol. The molecule has 3 N–H and O–H groups in total. The highest BCUT2D eigenvalue weighted by Crippen LogP contribution is 2.38. The fourth-order valence-corrected chi connectivity index (χ4v) is 2.80. The summed E-state index contributed by atoms with van der Waals surface area (Å²) in [5.74, 6) is 0.815. The zero-order valence-electron chi connectivity index (χ0n) is 10.3. The summed E-state index contributed by atoms with van der Waals surface area (Å²) in [5, 5.41) is 7.95. The van der Waals surface area contributed by atoms with Crippen LogP contribution in [-0.4, -0.2) is 12.9 Å². The second kappa shape index (κ2) is 5.99. The molecule has 0 fully saturated rings. The minimum atomic E-state index is 0.00995. The maximum absolute atomic E-state index is 7.38. The number of halogens is 1. The highest BCUT2D eigenvalue weighted by molar-refractivity contribution is 7.99. The second-order valence-corrected chi connectivity index (χ2v) is 5.30. The molecule has 5 heteroatoms. The summed E-state index contributed by atoms with van der Waals surface area (Å²) in [6.07, 6.45) is 0. The Morgan fingerprint density at radius 1 is 1.21 bits per heavy atom. The number of para-hydroxylation sites is 1. The van der Waals surface area contributed by atoms with E-state index in [-0.39, 0.29) is 5.84 Å². The van der Waals surface area contributed by atoms with Crippen LogP contribution in [0.2, 0.25) is 5.02 Å². The normalized spacial score (nSPS) is 10.2. The number of amidine groups is 1. The van der Waals surface area contributed by atoms with Crippen LogP contribution in [-0.2, 0) is 0 Å². The molecule has 2 aromatic rings. The molecule has 2 aromatic carbocycles. The molecule has 0 aliphatic rings. The average Bonchev–Trinajstić information content (AvgIpc) is 2.41. The lowest BCUT2D eigenvalue weighted by molar-refractivity contribution is 0.405. The Kier molecular flexibility index (Phi) is 4.35. The summed E-state index contributed by atoms with van der Waals surface area (Å²) in [4.78, 5) is 1.89. The Morgan fingerprint density at radius 3 is 2.58 bits per heavy atom. The molecule has 19 heavy (non-hydrogen) atoms. The van der Waals surface area contributed by atoms with Crippen LogP contribution in [0.4, 0.5) is 0 Å². The van der Waals surface area contributed by atoms with Crippen LogP contribution in [0, 0.1) is 5.41 Å². The largest absolute Gasteiger partial charge is 0.496 e. The fourth-order valence-electron chi connectivity index (χ4n) is 1.57. The van der Waals surface area contributed by atoms with Crippen molar-refractivity contribution >= 4 is 29.2 Å². The molecule has 0 aliphatic carbocycles.